The summed E-state index contributed by atoms with van der Waals surface area (Å²) < 4.78 is 28.2. The van der Waals surface area contributed by atoms with Crippen LogP contribution in [-0.2, 0) is 15.4 Å². The highest BCUT2D eigenvalue weighted by atomic mass is 32.2. The number of fused-ring (bicyclic) bond motifs is 6. The van der Waals surface area contributed by atoms with Crippen molar-refractivity contribution in [2.24, 2.45) is 5.92 Å². The minimum atomic E-state index is -4.15. The van der Waals surface area contributed by atoms with Gasteiger partial charge in [-0.1, -0.05) is 26.8 Å². The number of nitrogens with zero attached hydrogens (tertiary/aromatic N) is 3. The lowest BCUT2D eigenvalue weighted by atomic mass is 9.91. The molecule has 0 radical (unpaired) electrons. The highest BCUT2D eigenvalue weighted by Crippen LogP contribution is 2.40. The van der Waals surface area contributed by atoms with E-state index in [4.69, 9.17) is 4.98 Å². The Morgan fingerprint density at radius 1 is 1.12 bits per heavy atom. The molecule has 2 N–H and O–H groups in total. The lowest BCUT2D eigenvalue weighted by Crippen LogP contribution is -2.41. The number of rotatable bonds is 0. The van der Waals surface area contributed by atoms with Crippen LogP contribution in [0.2, 0.25) is 0 Å². The average molecular weight is 472 g/mol. The standard InChI is InChI=1S/C24H33N5O3S/c1-23(2,3)18-12-11-17-21(26-18)29-15-16(14-24(29,4)5)8-7-13-25-19-9-6-10-20(27-19)33(31,32)28-22(17)30/h6,9-12,16H,7-8,13-15H2,1-5H3,(H,25,27)(H,28,30)/t16-/m0/s1. The molecule has 0 aliphatic carbocycles. The van der Waals surface area contributed by atoms with Crippen LogP contribution >= 0.6 is 0 Å². The van der Waals surface area contributed by atoms with Crippen molar-refractivity contribution in [3.63, 3.8) is 0 Å². The van der Waals surface area contributed by atoms with Gasteiger partial charge in [-0.2, -0.15) is 8.42 Å². The van der Waals surface area contributed by atoms with E-state index in [2.05, 4.69) is 54.5 Å². The van der Waals surface area contributed by atoms with Crippen LogP contribution in [0.25, 0.3) is 0 Å². The van der Waals surface area contributed by atoms with Gasteiger partial charge >= 0.3 is 0 Å². The van der Waals surface area contributed by atoms with E-state index in [1.54, 1.807) is 18.2 Å². The molecule has 1 amide bonds. The summed E-state index contributed by atoms with van der Waals surface area (Å²) in [7, 11) is -4.15. The first-order chi connectivity index (χ1) is 15.4. The predicted molar refractivity (Wildman–Crippen MR) is 129 cm³/mol. The molecule has 0 saturated carbocycles. The van der Waals surface area contributed by atoms with Gasteiger partial charge in [0.15, 0.2) is 5.03 Å². The van der Waals surface area contributed by atoms with Gasteiger partial charge in [0.05, 0.1) is 5.56 Å². The van der Waals surface area contributed by atoms with Crippen molar-refractivity contribution in [2.45, 2.75) is 69.9 Å². The highest BCUT2D eigenvalue weighted by molar-refractivity contribution is 7.90. The van der Waals surface area contributed by atoms with Gasteiger partial charge in [-0.25, -0.2) is 14.7 Å². The Kier molecular flexibility index (Phi) is 5.88. The molecule has 178 valence electrons. The third-order valence-electron chi connectivity index (χ3n) is 6.42. The number of hydrogen-bond donors (Lipinski definition) is 2. The molecule has 4 rings (SSSR count). The summed E-state index contributed by atoms with van der Waals surface area (Å²) in [5.41, 5.74) is 0.684. The van der Waals surface area contributed by atoms with Crippen molar-refractivity contribution >= 4 is 27.6 Å². The smallest absolute Gasteiger partial charge is 0.281 e. The molecular weight excluding hydrogens is 438 g/mol. The molecule has 2 aliphatic rings. The second-order valence-corrected chi connectivity index (χ2v) is 12.3. The molecule has 4 bridgehead atoms. The Hall–Kier alpha value is -2.68. The van der Waals surface area contributed by atoms with E-state index in [0.29, 0.717) is 24.1 Å². The van der Waals surface area contributed by atoms with Crippen molar-refractivity contribution in [3.05, 3.63) is 41.6 Å². The van der Waals surface area contributed by atoms with Crippen LogP contribution in [0, 0.1) is 5.92 Å². The SMILES string of the molecule is CC(C)(C)c1ccc2c(n1)N1C[C@@H](CCCNc3cccc(n3)S(=O)(=O)NC2=O)CC1(C)C. The Morgan fingerprint density at radius 2 is 1.88 bits per heavy atom. The van der Waals surface area contributed by atoms with Crippen molar-refractivity contribution in [3.8, 4) is 0 Å². The number of carbonyl (C=O) groups excluding carboxylic acids is 1. The van der Waals surface area contributed by atoms with Gasteiger partial charge < -0.3 is 10.2 Å². The Bertz CT molecular complexity index is 1170. The van der Waals surface area contributed by atoms with E-state index in [-0.39, 0.29) is 21.5 Å². The molecule has 1 fully saturated rings. The highest BCUT2D eigenvalue weighted by Gasteiger charge is 2.41. The average Bonchev–Trinajstić information content (AvgIpc) is 3.03. The molecule has 1 saturated heterocycles. The minimum absolute atomic E-state index is 0.196. The first-order valence-corrected chi connectivity index (χ1v) is 12.9. The first kappa shape index (κ1) is 23.5. The predicted octanol–water partition coefficient (Wildman–Crippen LogP) is 3.70. The zero-order valence-corrected chi connectivity index (χ0v) is 20.8. The van der Waals surface area contributed by atoms with Crippen LogP contribution in [0.3, 0.4) is 0 Å². The summed E-state index contributed by atoms with van der Waals surface area (Å²) in [6, 6.07) is 8.23. The number of hydrogen-bond acceptors (Lipinski definition) is 7. The molecule has 8 nitrogen and oxygen atoms in total. The quantitative estimate of drug-likeness (QED) is 0.604. The summed E-state index contributed by atoms with van der Waals surface area (Å²) in [6.45, 7) is 12.0. The Labute approximate surface area is 196 Å². The van der Waals surface area contributed by atoms with Gasteiger partial charge in [-0.05, 0) is 63.3 Å². The van der Waals surface area contributed by atoms with E-state index in [9.17, 15) is 13.2 Å². The van der Waals surface area contributed by atoms with Crippen molar-refractivity contribution < 1.29 is 13.2 Å². The van der Waals surface area contributed by atoms with Crippen molar-refractivity contribution in [2.75, 3.05) is 23.3 Å². The lowest BCUT2D eigenvalue weighted by Gasteiger charge is -2.34. The van der Waals surface area contributed by atoms with Crippen LogP contribution in [-0.4, -0.2) is 42.9 Å². The van der Waals surface area contributed by atoms with Crippen LogP contribution in [0.4, 0.5) is 11.6 Å². The first-order valence-electron chi connectivity index (χ1n) is 11.4. The van der Waals surface area contributed by atoms with E-state index >= 15 is 0 Å². The normalized spacial score (nSPS) is 22.4. The third-order valence-corrected chi connectivity index (χ3v) is 7.66. The second-order valence-electron chi connectivity index (χ2n) is 10.7. The van der Waals surface area contributed by atoms with Crippen LogP contribution < -0.4 is 14.9 Å². The molecule has 2 aromatic heterocycles. The summed E-state index contributed by atoms with van der Waals surface area (Å²) in [6.07, 6.45) is 2.93. The number of aromatic nitrogens is 2. The van der Waals surface area contributed by atoms with Crippen LogP contribution in [0.1, 0.15) is 69.9 Å². The number of sulfonamides is 1. The maximum Gasteiger partial charge on any atom is 0.281 e. The largest absolute Gasteiger partial charge is 0.370 e. The monoisotopic (exact) mass is 471 g/mol. The molecule has 0 aromatic carbocycles. The zero-order chi connectivity index (χ0) is 24.0. The fourth-order valence-electron chi connectivity index (χ4n) is 4.70. The summed E-state index contributed by atoms with van der Waals surface area (Å²) >= 11 is 0. The van der Waals surface area contributed by atoms with E-state index in [0.717, 1.165) is 31.5 Å². The van der Waals surface area contributed by atoms with Gasteiger partial charge in [0.1, 0.15) is 11.6 Å². The maximum atomic E-state index is 13.3. The Balaban J connectivity index is 1.84. The molecular formula is C24H33N5O3S. The van der Waals surface area contributed by atoms with E-state index in [1.165, 1.54) is 6.07 Å². The molecule has 0 unspecified atom stereocenters. The summed E-state index contributed by atoms with van der Waals surface area (Å²) in [4.78, 5) is 24.6. The third kappa shape index (κ3) is 4.83. The molecule has 9 heteroatoms. The lowest BCUT2D eigenvalue weighted by molar-refractivity contribution is 0.0981. The van der Waals surface area contributed by atoms with Crippen LogP contribution in [0.15, 0.2) is 35.4 Å². The van der Waals surface area contributed by atoms with Gasteiger partial charge in [-0.15, -0.1) is 0 Å². The second kappa shape index (κ2) is 8.27. The molecule has 2 aromatic rings. The summed E-state index contributed by atoms with van der Waals surface area (Å²) in [5, 5.41) is 3.01. The molecule has 0 spiro atoms. The van der Waals surface area contributed by atoms with Gasteiger partial charge in [-0.3, -0.25) is 4.79 Å². The number of nitrogens with one attached hydrogen (secondary N) is 2. The van der Waals surface area contributed by atoms with Gasteiger partial charge in [0, 0.05) is 29.7 Å². The summed E-state index contributed by atoms with van der Waals surface area (Å²) in [5.74, 6) is 0.765. The number of amides is 1. The molecule has 1 atom stereocenters. The fourth-order valence-corrected chi connectivity index (χ4v) is 5.64. The topological polar surface area (TPSA) is 104 Å². The maximum absolute atomic E-state index is 13.3. The number of carbonyl (C=O) groups is 1. The van der Waals surface area contributed by atoms with E-state index < -0.39 is 15.9 Å². The van der Waals surface area contributed by atoms with E-state index in [1.807, 2.05) is 6.07 Å². The Morgan fingerprint density at radius 3 is 2.61 bits per heavy atom. The van der Waals surface area contributed by atoms with Crippen molar-refractivity contribution in [1.82, 2.24) is 14.7 Å². The molecule has 33 heavy (non-hydrogen) atoms. The number of pyridine rings is 2. The van der Waals surface area contributed by atoms with Gasteiger partial charge in [0.2, 0.25) is 0 Å². The molecule has 2 aliphatic heterocycles. The minimum Gasteiger partial charge on any atom is -0.370 e. The van der Waals surface area contributed by atoms with Crippen LogP contribution in [0.5, 0.6) is 0 Å². The van der Waals surface area contributed by atoms with Crippen molar-refractivity contribution in [1.29, 1.82) is 0 Å². The van der Waals surface area contributed by atoms with Gasteiger partial charge in [0.25, 0.3) is 15.9 Å². The number of anilines is 2. The fraction of sp³-hybridized carbons (Fsp3) is 0.542. The molecule has 4 heterocycles. The zero-order valence-electron chi connectivity index (χ0n) is 20.0.